The van der Waals surface area contributed by atoms with E-state index in [9.17, 15) is 18.0 Å². The third-order valence-corrected chi connectivity index (χ3v) is 4.09. The van der Waals surface area contributed by atoms with Crippen LogP contribution in [0.3, 0.4) is 0 Å². The lowest BCUT2D eigenvalue weighted by molar-refractivity contribution is -0.118. The highest BCUT2D eigenvalue weighted by atomic mass is 79.9. The van der Waals surface area contributed by atoms with Crippen molar-refractivity contribution in [2.75, 3.05) is 12.8 Å². The second kappa shape index (κ2) is 7.73. The lowest BCUT2D eigenvalue weighted by Gasteiger charge is -2.20. The van der Waals surface area contributed by atoms with Crippen LogP contribution in [0.1, 0.15) is 16.8 Å². The number of carbonyl (C=O) groups excluding carboxylic acids is 2. The Hall–Kier alpha value is -1.97. The van der Waals surface area contributed by atoms with Crippen LogP contribution in [-0.4, -0.2) is 37.8 Å². The van der Waals surface area contributed by atoms with E-state index < -0.39 is 15.9 Å². The quantitative estimate of drug-likeness (QED) is 0.541. The molecule has 128 valence electrons. The Labute approximate surface area is 148 Å². The van der Waals surface area contributed by atoms with Crippen molar-refractivity contribution in [3.8, 4) is 0 Å². The molecule has 9 heteroatoms. The molecule has 0 saturated carbocycles. The van der Waals surface area contributed by atoms with Crippen molar-refractivity contribution >= 4 is 37.6 Å². The molecule has 0 fully saturated rings. The number of sulfonamides is 1. The number of benzene rings is 1. The van der Waals surface area contributed by atoms with Gasteiger partial charge >= 0.3 is 0 Å². The van der Waals surface area contributed by atoms with Gasteiger partial charge in [0.1, 0.15) is 0 Å². The Bertz CT molecular complexity index is 801. The fourth-order valence-corrected chi connectivity index (χ4v) is 2.52. The number of ketones is 1. The van der Waals surface area contributed by atoms with E-state index in [0.717, 1.165) is 10.7 Å². The third kappa shape index (κ3) is 5.59. The van der Waals surface area contributed by atoms with Crippen LogP contribution in [0, 0.1) is 0 Å². The molecule has 24 heavy (non-hydrogen) atoms. The fraction of sp³-hybridized carbons (Fsp3) is 0.200. The van der Waals surface area contributed by atoms with E-state index in [0.29, 0.717) is 17.6 Å². The van der Waals surface area contributed by atoms with Gasteiger partial charge < -0.3 is 4.90 Å². The molecule has 7 nitrogen and oxygen atoms in total. The van der Waals surface area contributed by atoms with Crippen molar-refractivity contribution in [1.82, 2.24) is 15.2 Å². The Balaban J connectivity index is 2.00. The highest BCUT2D eigenvalue weighted by Crippen LogP contribution is 2.15. The third-order valence-electron chi connectivity index (χ3n) is 3.09. The molecule has 1 heterocycles. The second-order valence-corrected chi connectivity index (χ2v) is 7.84. The molecular formula is C15H16BrN3O4S. The average Bonchev–Trinajstić information content (AvgIpc) is 2.52. The molecule has 0 radical (unpaired) electrons. The second-order valence-electron chi connectivity index (χ2n) is 5.17. The van der Waals surface area contributed by atoms with Crippen molar-refractivity contribution < 1.29 is 18.0 Å². The summed E-state index contributed by atoms with van der Waals surface area (Å²) < 4.78 is 22.9. The Morgan fingerprint density at radius 2 is 1.92 bits per heavy atom. The molecule has 1 aromatic rings. The monoisotopic (exact) mass is 413 g/mol. The maximum Gasteiger partial charge on any atom is 0.263 e. The number of hydrazine groups is 1. The van der Waals surface area contributed by atoms with Gasteiger partial charge in [-0.1, -0.05) is 34.1 Å². The minimum Gasteiger partial charge on any atom is -0.346 e. The van der Waals surface area contributed by atoms with Gasteiger partial charge in [-0.15, -0.1) is 4.83 Å². The Morgan fingerprint density at radius 1 is 1.25 bits per heavy atom. The number of carbonyl (C=O) groups is 2. The minimum atomic E-state index is -3.53. The molecule has 0 unspecified atom stereocenters. The molecule has 1 aromatic carbocycles. The summed E-state index contributed by atoms with van der Waals surface area (Å²) in [5.74, 6) is -0.662. The van der Waals surface area contributed by atoms with E-state index >= 15 is 0 Å². The molecule has 2 rings (SSSR count). The van der Waals surface area contributed by atoms with Gasteiger partial charge in [-0.25, -0.2) is 8.42 Å². The number of hydrogen-bond donors (Lipinski definition) is 2. The number of nitrogens with zero attached hydrogens (tertiary/aromatic N) is 1. The molecule has 0 atom stereocenters. The van der Waals surface area contributed by atoms with Crippen LogP contribution < -0.4 is 10.3 Å². The normalized spacial score (nSPS) is 14.2. The van der Waals surface area contributed by atoms with Crippen LogP contribution >= 0.6 is 15.9 Å². The predicted octanol–water partition coefficient (Wildman–Crippen LogP) is 1.32. The number of halogens is 1. The molecule has 0 saturated heterocycles. The van der Waals surface area contributed by atoms with Crippen LogP contribution in [0.5, 0.6) is 0 Å². The predicted molar refractivity (Wildman–Crippen MR) is 93.1 cm³/mol. The van der Waals surface area contributed by atoms with Crippen LogP contribution in [0.25, 0.3) is 0 Å². The summed E-state index contributed by atoms with van der Waals surface area (Å²) in [4.78, 5) is 27.7. The summed E-state index contributed by atoms with van der Waals surface area (Å²) in [6.07, 6.45) is 6.24. The molecule has 1 aliphatic heterocycles. The first-order chi connectivity index (χ1) is 11.2. The molecule has 1 amide bonds. The van der Waals surface area contributed by atoms with Crippen LogP contribution in [-0.2, 0) is 14.8 Å². The Kier molecular flexibility index (Phi) is 5.92. The molecule has 2 N–H and O–H groups in total. The minimum absolute atomic E-state index is 0.0778. The number of nitrogens with one attached hydrogen (secondary N) is 2. The standard InChI is InChI=1S/C15H16BrN3O4S/c1-24(22,23)18-17-15(21)12-3-2-8-19(9-12)10-14(20)11-4-6-13(16)7-5-11/h2,4-9,18H,3,10H2,1H3,(H,17,21). The van der Waals surface area contributed by atoms with Crippen molar-refractivity contribution in [3.05, 3.63) is 58.4 Å². The van der Waals surface area contributed by atoms with Gasteiger partial charge in [0, 0.05) is 28.0 Å². The average molecular weight is 414 g/mol. The SMILES string of the molecule is CS(=O)(=O)NNC(=O)C1=CN(CC(=O)c2ccc(Br)cc2)C=CC1. The van der Waals surface area contributed by atoms with E-state index in [1.807, 2.05) is 4.83 Å². The number of rotatable bonds is 6. The summed E-state index contributed by atoms with van der Waals surface area (Å²) in [6, 6.07) is 7.00. The zero-order valence-electron chi connectivity index (χ0n) is 12.8. The first-order valence-corrected chi connectivity index (χ1v) is 9.62. The van der Waals surface area contributed by atoms with Gasteiger partial charge in [0.05, 0.1) is 12.8 Å². The number of amides is 1. The lowest BCUT2D eigenvalue weighted by atomic mass is 10.1. The van der Waals surface area contributed by atoms with Gasteiger partial charge in [-0.3, -0.25) is 15.0 Å². The van der Waals surface area contributed by atoms with Gasteiger partial charge in [0.2, 0.25) is 10.0 Å². The summed E-state index contributed by atoms with van der Waals surface area (Å²) in [6.45, 7) is 0.0778. The van der Waals surface area contributed by atoms with Gasteiger partial charge in [0.15, 0.2) is 5.78 Å². The van der Waals surface area contributed by atoms with E-state index in [1.54, 1.807) is 41.4 Å². The molecule has 0 bridgehead atoms. The number of hydrogen-bond acceptors (Lipinski definition) is 5. The van der Waals surface area contributed by atoms with Crippen LogP contribution in [0.15, 0.2) is 52.8 Å². The topological polar surface area (TPSA) is 95.6 Å². The zero-order chi connectivity index (χ0) is 17.7. The smallest absolute Gasteiger partial charge is 0.263 e. The molecule has 0 aromatic heterocycles. The van der Waals surface area contributed by atoms with Gasteiger partial charge in [-0.2, -0.15) is 0 Å². The van der Waals surface area contributed by atoms with Crippen molar-refractivity contribution in [3.63, 3.8) is 0 Å². The maximum absolute atomic E-state index is 12.2. The molecule has 0 spiro atoms. The first-order valence-electron chi connectivity index (χ1n) is 6.93. The number of Topliss-reactive ketones (excluding diaryl/α,β-unsaturated/α-hetero) is 1. The van der Waals surface area contributed by atoms with Crippen LogP contribution in [0.4, 0.5) is 0 Å². The van der Waals surface area contributed by atoms with Crippen molar-refractivity contribution in [1.29, 1.82) is 0 Å². The summed E-state index contributed by atoms with van der Waals surface area (Å²) in [5, 5.41) is 0. The molecule has 0 aliphatic carbocycles. The van der Waals surface area contributed by atoms with E-state index in [2.05, 4.69) is 21.4 Å². The van der Waals surface area contributed by atoms with Crippen molar-refractivity contribution in [2.24, 2.45) is 0 Å². The van der Waals surface area contributed by atoms with Gasteiger partial charge in [0.25, 0.3) is 5.91 Å². The van der Waals surface area contributed by atoms with E-state index in [1.165, 1.54) is 6.20 Å². The molecule has 1 aliphatic rings. The van der Waals surface area contributed by atoms with Crippen LogP contribution in [0.2, 0.25) is 0 Å². The summed E-state index contributed by atoms with van der Waals surface area (Å²) in [7, 11) is -3.53. The van der Waals surface area contributed by atoms with E-state index in [-0.39, 0.29) is 12.3 Å². The maximum atomic E-state index is 12.2. The number of allylic oxidation sites excluding steroid dienone is 1. The summed E-state index contributed by atoms with van der Waals surface area (Å²) in [5.41, 5.74) is 3.02. The highest BCUT2D eigenvalue weighted by molar-refractivity contribution is 9.10. The largest absolute Gasteiger partial charge is 0.346 e. The lowest BCUT2D eigenvalue weighted by Crippen LogP contribution is -2.42. The van der Waals surface area contributed by atoms with Gasteiger partial charge in [-0.05, 0) is 18.6 Å². The molecular weight excluding hydrogens is 398 g/mol. The fourth-order valence-electron chi connectivity index (χ4n) is 1.97. The zero-order valence-corrected chi connectivity index (χ0v) is 15.2. The Morgan fingerprint density at radius 3 is 2.54 bits per heavy atom. The highest BCUT2D eigenvalue weighted by Gasteiger charge is 2.16. The summed E-state index contributed by atoms with van der Waals surface area (Å²) >= 11 is 3.31. The van der Waals surface area contributed by atoms with E-state index in [4.69, 9.17) is 0 Å². The first kappa shape index (κ1) is 18.4. The van der Waals surface area contributed by atoms with Crippen molar-refractivity contribution in [2.45, 2.75) is 6.42 Å².